The summed E-state index contributed by atoms with van der Waals surface area (Å²) in [6.45, 7) is 4.35. The van der Waals surface area contributed by atoms with Gasteiger partial charge in [-0.15, -0.1) is 11.3 Å². The second kappa shape index (κ2) is 8.28. The summed E-state index contributed by atoms with van der Waals surface area (Å²) < 4.78 is 5.62. The van der Waals surface area contributed by atoms with Crippen molar-refractivity contribution in [2.24, 2.45) is 0 Å². The van der Waals surface area contributed by atoms with Crippen LogP contribution in [0.5, 0.6) is 5.75 Å². The maximum Gasteiger partial charge on any atom is 0.252 e. The lowest BCUT2D eigenvalue weighted by atomic mass is 10.2. The van der Waals surface area contributed by atoms with Crippen LogP contribution in [0.2, 0.25) is 0 Å². The number of aromatic nitrogens is 1. The molecule has 2 N–H and O–H groups in total. The molecular formula is C16H19N3O3S. The van der Waals surface area contributed by atoms with E-state index in [1.54, 1.807) is 36.7 Å². The Kier molecular flexibility index (Phi) is 6.10. The van der Waals surface area contributed by atoms with Crippen molar-refractivity contribution in [3.63, 3.8) is 0 Å². The predicted molar refractivity (Wildman–Crippen MR) is 88.5 cm³/mol. The minimum Gasteiger partial charge on any atom is -0.487 e. The van der Waals surface area contributed by atoms with Crippen LogP contribution in [0.25, 0.3) is 0 Å². The first kappa shape index (κ1) is 17.0. The summed E-state index contributed by atoms with van der Waals surface area (Å²) in [4.78, 5) is 28.0. The Labute approximate surface area is 138 Å². The fourth-order valence-corrected chi connectivity index (χ4v) is 2.41. The summed E-state index contributed by atoms with van der Waals surface area (Å²) in [6, 6.07) is 6.24. The molecule has 0 aliphatic carbocycles. The number of rotatable bonds is 7. The molecule has 1 aromatic heterocycles. The minimum atomic E-state index is -0.595. The molecule has 2 aromatic rings. The fraction of sp³-hybridized carbons (Fsp3) is 0.312. The van der Waals surface area contributed by atoms with Crippen LogP contribution in [0.1, 0.15) is 29.9 Å². The van der Waals surface area contributed by atoms with Crippen LogP contribution in [0, 0.1) is 0 Å². The maximum absolute atomic E-state index is 12.2. The topological polar surface area (TPSA) is 80.3 Å². The number of ether oxygens (including phenoxy) is 1. The largest absolute Gasteiger partial charge is 0.487 e. The second-order valence-corrected chi connectivity index (χ2v) is 5.60. The zero-order valence-corrected chi connectivity index (χ0v) is 13.9. The molecule has 0 saturated heterocycles. The van der Waals surface area contributed by atoms with Gasteiger partial charge in [-0.2, -0.15) is 0 Å². The molecule has 0 aliphatic heterocycles. The van der Waals surface area contributed by atoms with E-state index < -0.39 is 6.04 Å². The number of hydrogen-bond acceptors (Lipinski definition) is 5. The first-order valence-electron chi connectivity index (χ1n) is 7.28. The quantitative estimate of drug-likeness (QED) is 0.812. The molecule has 0 spiro atoms. The number of amides is 2. The number of benzene rings is 1. The van der Waals surface area contributed by atoms with Crippen LogP contribution < -0.4 is 15.4 Å². The fourth-order valence-electron chi connectivity index (χ4n) is 1.87. The minimum absolute atomic E-state index is 0.211. The predicted octanol–water partition coefficient (Wildman–Crippen LogP) is 1.98. The van der Waals surface area contributed by atoms with Crippen LogP contribution in [0.3, 0.4) is 0 Å². The summed E-state index contributed by atoms with van der Waals surface area (Å²) in [5, 5.41) is 7.23. The van der Waals surface area contributed by atoms with Crippen molar-refractivity contribution < 1.29 is 14.3 Å². The summed E-state index contributed by atoms with van der Waals surface area (Å²) in [7, 11) is 0. The average molecular weight is 333 g/mol. The molecule has 0 fully saturated rings. The van der Waals surface area contributed by atoms with Crippen LogP contribution in [-0.4, -0.2) is 29.4 Å². The first-order chi connectivity index (χ1) is 11.1. The van der Waals surface area contributed by atoms with E-state index in [-0.39, 0.29) is 11.8 Å². The molecule has 2 rings (SSSR count). The molecule has 0 radical (unpaired) electrons. The van der Waals surface area contributed by atoms with Crippen molar-refractivity contribution in [2.45, 2.75) is 26.5 Å². The SMILES string of the molecule is CCNC(=O)[C@@H](C)NC(=O)c1cccc(OCc2cscn2)c1. The van der Waals surface area contributed by atoms with Crippen molar-refractivity contribution in [1.29, 1.82) is 0 Å². The van der Waals surface area contributed by atoms with Gasteiger partial charge in [0.1, 0.15) is 18.4 Å². The van der Waals surface area contributed by atoms with Crippen LogP contribution >= 0.6 is 11.3 Å². The highest BCUT2D eigenvalue weighted by Crippen LogP contribution is 2.15. The van der Waals surface area contributed by atoms with Gasteiger partial charge in [-0.1, -0.05) is 6.07 Å². The zero-order valence-electron chi connectivity index (χ0n) is 13.0. The van der Waals surface area contributed by atoms with Gasteiger partial charge in [-0.25, -0.2) is 4.98 Å². The monoisotopic (exact) mass is 333 g/mol. The van der Waals surface area contributed by atoms with Gasteiger partial charge in [0.15, 0.2) is 0 Å². The molecule has 122 valence electrons. The van der Waals surface area contributed by atoms with Crippen molar-refractivity contribution in [3.8, 4) is 5.75 Å². The number of carbonyl (C=O) groups excluding carboxylic acids is 2. The van der Waals surface area contributed by atoms with Crippen molar-refractivity contribution in [2.75, 3.05) is 6.54 Å². The van der Waals surface area contributed by atoms with Crippen LogP contribution in [-0.2, 0) is 11.4 Å². The third-order valence-electron chi connectivity index (χ3n) is 3.06. The second-order valence-electron chi connectivity index (χ2n) is 4.89. The van der Waals surface area contributed by atoms with E-state index in [1.807, 2.05) is 12.3 Å². The Balaban J connectivity index is 1.95. The van der Waals surface area contributed by atoms with Gasteiger partial charge in [-0.3, -0.25) is 9.59 Å². The molecule has 7 heteroatoms. The smallest absolute Gasteiger partial charge is 0.252 e. The van der Waals surface area contributed by atoms with Gasteiger partial charge in [0.25, 0.3) is 5.91 Å². The van der Waals surface area contributed by atoms with Gasteiger partial charge in [0.05, 0.1) is 11.2 Å². The third-order valence-corrected chi connectivity index (χ3v) is 3.69. The molecule has 23 heavy (non-hydrogen) atoms. The van der Waals surface area contributed by atoms with E-state index in [2.05, 4.69) is 15.6 Å². The number of carbonyl (C=O) groups is 2. The molecule has 2 amide bonds. The number of nitrogens with zero attached hydrogens (tertiary/aromatic N) is 1. The van der Waals surface area contributed by atoms with E-state index >= 15 is 0 Å². The summed E-state index contributed by atoms with van der Waals surface area (Å²) in [5.41, 5.74) is 3.03. The highest BCUT2D eigenvalue weighted by molar-refractivity contribution is 7.07. The summed E-state index contributed by atoms with van der Waals surface area (Å²) in [6.07, 6.45) is 0. The average Bonchev–Trinajstić information content (AvgIpc) is 3.07. The maximum atomic E-state index is 12.2. The number of hydrogen-bond donors (Lipinski definition) is 2. The van der Waals surface area contributed by atoms with Gasteiger partial charge >= 0.3 is 0 Å². The number of nitrogens with one attached hydrogen (secondary N) is 2. The summed E-state index contributed by atoms with van der Waals surface area (Å²) in [5.74, 6) is 0.0518. The molecule has 0 saturated carbocycles. The number of thiazole rings is 1. The number of likely N-dealkylation sites (N-methyl/N-ethyl adjacent to an activating group) is 1. The summed E-state index contributed by atoms with van der Waals surface area (Å²) >= 11 is 1.50. The van der Waals surface area contributed by atoms with E-state index in [0.29, 0.717) is 24.5 Å². The van der Waals surface area contributed by atoms with Crippen molar-refractivity contribution >= 4 is 23.2 Å². The highest BCUT2D eigenvalue weighted by Gasteiger charge is 2.16. The molecule has 1 aromatic carbocycles. The van der Waals surface area contributed by atoms with Crippen molar-refractivity contribution in [3.05, 3.63) is 46.4 Å². The highest BCUT2D eigenvalue weighted by atomic mass is 32.1. The lowest BCUT2D eigenvalue weighted by Crippen LogP contribution is -2.44. The Morgan fingerprint density at radius 1 is 1.39 bits per heavy atom. The Morgan fingerprint density at radius 2 is 2.22 bits per heavy atom. The van der Waals surface area contributed by atoms with Gasteiger partial charge < -0.3 is 15.4 Å². The molecule has 6 nitrogen and oxygen atoms in total. The molecule has 1 heterocycles. The lowest BCUT2D eigenvalue weighted by molar-refractivity contribution is -0.122. The Hall–Kier alpha value is -2.41. The third kappa shape index (κ3) is 5.07. The van der Waals surface area contributed by atoms with Crippen molar-refractivity contribution in [1.82, 2.24) is 15.6 Å². The molecular weight excluding hydrogens is 314 g/mol. The van der Waals surface area contributed by atoms with E-state index in [0.717, 1.165) is 5.69 Å². The first-order valence-corrected chi connectivity index (χ1v) is 8.23. The van der Waals surface area contributed by atoms with E-state index in [4.69, 9.17) is 4.74 Å². The van der Waals surface area contributed by atoms with Gasteiger partial charge in [0.2, 0.25) is 5.91 Å². The molecule has 0 bridgehead atoms. The Bertz CT molecular complexity index is 658. The normalized spacial score (nSPS) is 11.6. The van der Waals surface area contributed by atoms with Crippen LogP contribution in [0.4, 0.5) is 0 Å². The molecule has 1 atom stereocenters. The Morgan fingerprint density at radius 3 is 2.91 bits per heavy atom. The van der Waals surface area contributed by atoms with Gasteiger partial charge in [0, 0.05) is 17.5 Å². The van der Waals surface area contributed by atoms with E-state index in [1.165, 1.54) is 11.3 Å². The zero-order chi connectivity index (χ0) is 16.7. The molecule has 0 aliphatic rings. The van der Waals surface area contributed by atoms with E-state index in [9.17, 15) is 9.59 Å². The molecule has 0 unspecified atom stereocenters. The van der Waals surface area contributed by atoms with Gasteiger partial charge in [-0.05, 0) is 32.0 Å². The lowest BCUT2D eigenvalue weighted by Gasteiger charge is -2.13. The van der Waals surface area contributed by atoms with Crippen LogP contribution in [0.15, 0.2) is 35.2 Å². The standard InChI is InChI=1S/C16H19N3O3S/c1-3-17-15(20)11(2)19-16(21)12-5-4-6-14(7-12)22-8-13-9-23-10-18-13/h4-7,9-11H,3,8H2,1-2H3,(H,17,20)(H,19,21)/t11-/m1/s1.